The van der Waals surface area contributed by atoms with Gasteiger partial charge in [-0.15, -0.1) is 11.3 Å². The largest absolute Gasteiger partial charge is 0.489 e. The molecule has 3 aliphatic carbocycles. The highest BCUT2D eigenvalue weighted by Gasteiger charge is 2.49. The topological polar surface area (TPSA) is 439 Å². The fourth-order valence-corrected chi connectivity index (χ4v) is 20.3. The minimum atomic E-state index is -0.898. The van der Waals surface area contributed by atoms with E-state index in [-0.39, 0.29) is 165 Å². The van der Waals surface area contributed by atoms with Gasteiger partial charge in [0.25, 0.3) is 41.9 Å². The molecule has 7 aromatic carbocycles. The number of rotatable bonds is 25. The zero-order valence-corrected chi connectivity index (χ0v) is 79.6. The number of morpholine rings is 2. The van der Waals surface area contributed by atoms with Crippen LogP contribution < -0.4 is 24.3 Å². The lowest BCUT2D eigenvalue weighted by molar-refractivity contribution is -0.137. The minimum absolute atomic E-state index is 0. The van der Waals surface area contributed by atoms with Crippen LogP contribution in [-0.4, -0.2) is 241 Å². The predicted molar refractivity (Wildman–Crippen MR) is 523 cm³/mol. The number of thiazole rings is 1. The summed E-state index contributed by atoms with van der Waals surface area (Å²) in [4.78, 5) is 208. The number of benzene rings is 7. The van der Waals surface area contributed by atoms with Crippen molar-refractivity contribution in [3.05, 3.63) is 294 Å². The van der Waals surface area contributed by atoms with Crippen molar-refractivity contribution in [2.75, 3.05) is 59.2 Å². The maximum absolute atomic E-state index is 13.3. The summed E-state index contributed by atoms with van der Waals surface area (Å²) in [5.41, 5.74) is 15.0. The van der Waals surface area contributed by atoms with Gasteiger partial charge in [-0.3, -0.25) is 112 Å². The lowest BCUT2D eigenvalue weighted by Crippen LogP contribution is -2.52. The minimum Gasteiger partial charge on any atom is -0.489 e. The third kappa shape index (κ3) is 23.6. The highest BCUT2D eigenvalue weighted by molar-refractivity contribution is 7.09. The van der Waals surface area contributed by atoms with Crippen molar-refractivity contribution in [3.63, 3.8) is 0 Å². The smallest absolute Gasteiger partial charge is 0.290 e. The van der Waals surface area contributed by atoms with Gasteiger partial charge in [0.2, 0.25) is 11.8 Å². The number of H-pyrrole nitrogens is 1. The van der Waals surface area contributed by atoms with E-state index in [9.17, 15) is 67.1 Å². The first-order valence-electron chi connectivity index (χ1n) is 47.9. The summed E-state index contributed by atoms with van der Waals surface area (Å²) in [6.45, 7) is 12.8. The molecule has 37 heteroatoms. The first kappa shape index (κ1) is 101. The Hall–Kier alpha value is -15.4. The maximum atomic E-state index is 13.3. The second-order valence-electron chi connectivity index (χ2n) is 36.6. The summed E-state index contributed by atoms with van der Waals surface area (Å²) in [6.07, 6.45) is 8.15. The summed E-state index contributed by atoms with van der Waals surface area (Å²) >= 11 is 1.48. The Morgan fingerprint density at radius 1 is 0.441 bits per heavy atom. The van der Waals surface area contributed by atoms with Crippen LogP contribution in [0.4, 0.5) is 0 Å². The molecule has 0 spiro atoms. The number of nitrogens with zero attached hydrogens (tertiary/aromatic N) is 12. The van der Waals surface area contributed by atoms with Crippen molar-refractivity contribution >= 4 is 99.8 Å². The lowest BCUT2D eigenvalue weighted by atomic mass is 9.92. The third-order valence-corrected chi connectivity index (χ3v) is 27.8. The van der Waals surface area contributed by atoms with Crippen LogP contribution in [-0.2, 0) is 131 Å². The molecule has 11 aromatic rings. The number of aromatic amines is 1. The zero-order chi connectivity index (χ0) is 100. The van der Waals surface area contributed by atoms with E-state index in [1.54, 1.807) is 65.6 Å². The number of hydrogen-bond acceptors (Lipinski definition) is 29. The summed E-state index contributed by atoms with van der Waals surface area (Å²) in [5, 5.41) is 19.4. The number of nitrogens with one attached hydrogen (secondary N) is 2. The summed E-state index contributed by atoms with van der Waals surface area (Å²) in [5.74, 6) is -2.68. The molecule has 4 aromatic heterocycles. The van der Waals surface area contributed by atoms with E-state index in [2.05, 4.69) is 92.2 Å². The number of aromatic nitrogens is 6. The molecule has 4 unspecified atom stereocenters. The second-order valence-corrected chi connectivity index (χ2v) is 37.5. The van der Waals surface area contributed by atoms with Gasteiger partial charge in [-0.1, -0.05) is 117 Å². The first-order chi connectivity index (χ1) is 70.0. The van der Waals surface area contributed by atoms with Crippen LogP contribution >= 0.6 is 11.3 Å². The highest BCUT2D eigenvalue weighted by Crippen LogP contribution is 2.41. The van der Waals surface area contributed by atoms with Crippen LogP contribution in [0.3, 0.4) is 0 Å². The molecule has 0 radical (unpaired) electrons. The van der Waals surface area contributed by atoms with E-state index < -0.39 is 53.7 Å². The Kier molecular flexibility index (Phi) is 32.3. The average molecular weight is 1990 g/mol. The van der Waals surface area contributed by atoms with Crippen molar-refractivity contribution in [1.29, 1.82) is 0 Å². The number of ketones is 6. The molecule has 22 rings (SSSR count). The van der Waals surface area contributed by atoms with Gasteiger partial charge < -0.3 is 47.9 Å². The van der Waals surface area contributed by atoms with Gasteiger partial charge in [-0.05, 0) is 114 Å². The number of imidazole rings is 1. The van der Waals surface area contributed by atoms with Gasteiger partial charge in [0.15, 0.2) is 17.3 Å². The average Bonchev–Trinajstić information content (AvgIpc) is 1.60. The number of piperidine rings is 1. The van der Waals surface area contributed by atoms with E-state index in [4.69, 9.17) is 38.3 Å². The SMILES string of the molecule is C.O=C1CCC(N2C(=O)c3cccc(OCc4ccc(CN5CCc6ncccc6C5)cc4)c3C2=O)C(=O)C1.O=C1CCC(N2C(=O)c3cccc(OCc4nc(CN5CCOCC5)cs4)c3C2=O)C(=O)C1.O=C1CCC(N2Cc3c(OCc4cc(CN5CCOCC5)n[nH]4)cccc3C2=O)C(=O)N1.O=C1CCC(N2Cc3c(OCc4ccc(Cn5cnc(-c6ccccc6)c5)cc4)cccc3C2=O)C(=O)C1.O=CO. The van der Waals surface area contributed by atoms with Crippen LogP contribution in [0.15, 0.2) is 194 Å². The number of ether oxygens (including phenoxy) is 6. The molecule has 8 amide bonds. The Labute approximate surface area is 838 Å². The fourth-order valence-electron chi connectivity index (χ4n) is 19.6. The van der Waals surface area contributed by atoms with Crippen molar-refractivity contribution < 1.29 is 105 Å². The van der Waals surface area contributed by atoms with E-state index in [1.165, 1.54) is 33.1 Å². The van der Waals surface area contributed by atoms with Gasteiger partial charge in [0, 0.05) is 149 Å². The van der Waals surface area contributed by atoms with Gasteiger partial charge in [-0.2, -0.15) is 5.10 Å². The molecule has 3 N–H and O–H groups in total. The van der Waals surface area contributed by atoms with E-state index in [1.807, 2.05) is 90.8 Å². The van der Waals surface area contributed by atoms with Crippen LogP contribution in [0.25, 0.3) is 11.3 Å². The maximum Gasteiger partial charge on any atom is 0.290 e. The summed E-state index contributed by atoms with van der Waals surface area (Å²) in [6, 6.07) is 50.2. The Morgan fingerprint density at radius 2 is 0.924 bits per heavy atom. The Bertz CT molecular complexity index is 6770. The van der Waals surface area contributed by atoms with Gasteiger partial charge in [0.1, 0.15) is 77.8 Å². The predicted octanol–water partition coefficient (Wildman–Crippen LogP) is 11.1. The molecule has 36 nitrogen and oxygen atoms in total. The zero-order valence-electron chi connectivity index (χ0n) is 78.8. The Morgan fingerprint density at radius 3 is 1.47 bits per heavy atom. The second kappa shape index (κ2) is 46.3. The number of carbonyl (C=O) groups is 15. The van der Waals surface area contributed by atoms with Crippen molar-refractivity contribution in [3.8, 4) is 34.3 Å². The van der Waals surface area contributed by atoms with Gasteiger partial charge >= 0.3 is 0 Å². The number of pyridine rings is 1. The number of carboxylic acid groups (broad SMARTS) is 1. The third-order valence-electron chi connectivity index (χ3n) is 27.0. The summed E-state index contributed by atoms with van der Waals surface area (Å²) < 4.78 is 36.9. The number of hydrogen-bond donors (Lipinski definition) is 3. The molecule has 3 saturated carbocycles. The molecule has 12 heterocycles. The van der Waals surface area contributed by atoms with E-state index in [0.717, 1.165) is 169 Å². The van der Waals surface area contributed by atoms with Crippen molar-refractivity contribution in [2.45, 2.75) is 181 Å². The molecular weight excluding hydrogens is 1880 g/mol. The number of carbonyl (C=O) groups excluding carboxylic acids is 14. The molecule has 6 fully saturated rings. The van der Waals surface area contributed by atoms with Crippen LogP contribution in [0, 0.1) is 0 Å². The van der Waals surface area contributed by atoms with Gasteiger partial charge in [-0.25, -0.2) is 9.97 Å². The van der Waals surface area contributed by atoms with Crippen molar-refractivity contribution in [2.24, 2.45) is 0 Å². The number of fused-ring (bicyclic) bond motifs is 5. The van der Waals surface area contributed by atoms with Crippen molar-refractivity contribution in [1.82, 2.24) is 69.3 Å². The van der Waals surface area contributed by atoms with Gasteiger partial charge in [0.05, 0.1) is 128 Å². The molecule has 0 bridgehead atoms. The lowest BCUT2D eigenvalue weighted by Gasteiger charge is -2.29. The van der Waals surface area contributed by atoms with Crippen LogP contribution in [0.5, 0.6) is 23.0 Å². The standard InChI is InChI=1S/C31H27N3O4.C30H27N3O5.C23H23N3O6S.C22H25N5O5.CH2O2.CH4/c35-24-13-14-28(29(36)15-24)34-17-26-25(31(34)37)7-4-8-30(26)38-19-22-11-9-21(10-12-22)16-33-18-27(32-20-33)23-5-2-1-3-6-23;34-22-10-11-25(26(35)15-22)33-29(36)23-4-1-5-27(28(23)30(33)37)38-18-20-8-6-19(7-9-20)16-32-14-12-24-21(17-32)3-2-13-31-24;27-15-4-5-17(18(28)10-15)26-22(29)16-2-1-3-19(21(16)23(26)30)32-12-20-24-14(13-33-20)11-25-6-8-31-9-7-25;28-20-5-4-18(21(29)23-20)27-12-17-16(22(27)30)2-1-3-19(17)32-13-15-10-14(24-25-15)11-26-6-8-31-9-7-26;2-1-3;/h1-12,18,20,28H,13-17,19H2;1-9,13,25H,10-12,14-18H2;1-3,13,17H,4-12H2;1-3,10,18H,4-9,11-13H2,(H,24,25)(H,23,28,29);1H,(H,2,3);1H4. The number of amides is 8. The quantitative estimate of drug-likeness (QED) is 0.0272. The molecule has 4 atom stereocenters. The number of Topliss-reactive ketones (excluding diaryl/α,β-unsaturated/α-hetero) is 6. The molecule has 748 valence electrons. The van der Waals surface area contributed by atoms with E-state index >= 15 is 0 Å². The molecule has 3 saturated heterocycles. The first-order valence-corrected chi connectivity index (χ1v) is 48.8. The monoisotopic (exact) mass is 1980 g/mol. The molecule has 8 aliphatic heterocycles. The molecule has 145 heavy (non-hydrogen) atoms. The van der Waals surface area contributed by atoms with Crippen LogP contribution in [0.2, 0.25) is 0 Å². The molecule has 11 aliphatic rings. The fraction of sp³-hybridized carbons (Fsp3) is 0.343. The highest BCUT2D eigenvalue weighted by atomic mass is 32.1. The van der Waals surface area contributed by atoms with E-state index in [0.29, 0.717) is 67.4 Å². The van der Waals surface area contributed by atoms with Crippen LogP contribution in [0.1, 0.15) is 207 Å². The molecular formula is C108H108N14O22S. The normalized spacial score (nSPS) is 19.3. The Balaban J connectivity index is 0.000000131. The number of imide groups is 3. The summed E-state index contributed by atoms with van der Waals surface area (Å²) in [7, 11) is 0.